The molecule has 3 heteroatoms. The number of furan rings is 1. The molecular weight excluding hydrogens is 212 g/mol. The Morgan fingerprint density at radius 2 is 2.24 bits per heavy atom. The van der Waals surface area contributed by atoms with E-state index in [1.165, 1.54) is 37.9 Å². The van der Waals surface area contributed by atoms with Crippen molar-refractivity contribution in [2.75, 3.05) is 26.7 Å². The molecule has 3 nitrogen and oxygen atoms in total. The largest absolute Gasteiger partial charge is 0.472 e. The van der Waals surface area contributed by atoms with Gasteiger partial charge in [0.2, 0.25) is 0 Å². The van der Waals surface area contributed by atoms with Crippen molar-refractivity contribution >= 4 is 0 Å². The van der Waals surface area contributed by atoms with Crippen molar-refractivity contribution in [2.24, 2.45) is 5.92 Å². The molecule has 0 amide bonds. The molecule has 1 fully saturated rings. The lowest BCUT2D eigenvalue weighted by Crippen LogP contribution is -2.32. The summed E-state index contributed by atoms with van der Waals surface area (Å²) in [4.78, 5) is 2.43. The predicted molar refractivity (Wildman–Crippen MR) is 70.0 cm³/mol. The van der Waals surface area contributed by atoms with Gasteiger partial charge in [0.1, 0.15) is 0 Å². The molecule has 1 atom stereocenters. The Bertz CT molecular complexity index is 302. The Labute approximate surface area is 104 Å². The third-order valence-corrected chi connectivity index (χ3v) is 3.88. The van der Waals surface area contributed by atoms with Crippen LogP contribution >= 0.6 is 0 Å². The molecule has 2 heterocycles. The van der Waals surface area contributed by atoms with E-state index in [0.717, 1.165) is 12.5 Å². The van der Waals surface area contributed by atoms with Crippen LogP contribution in [-0.2, 0) is 0 Å². The number of nitrogens with one attached hydrogen (secondary N) is 1. The van der Waals surface area contributed by atoms with E-state index >= 15 is 0 Å². The molecule has 0 aliphatic carbocycles. The Morgan fingerprint density at radius 3 is 2.88 bits per heavy atom. The first-order chi connectivity index (χ1) is 8.25. The highest BCUT2D eigenvalue weighted by Crippen LogP contribution is 2.19. The molecule has 1 aliphatic heterocycles. The second kappa shape index (κ2) is 6.22. The minimum Gasteiger partial charge on any atom is -0.472 e. The molecule has 1 N–H and O–H groups in total. The predicted octanol–water partition coefficient (Wildman–Crippen LogP) is 2.66. The first-order valence-corrected chi connectivity index (χ1v) is 6.69. The first-order valence-electron chi connectivity index (χ1n) is 6.69. The van der Waals surface area contributed by atoms with E-state index in [-0.39, 0.29) is 0 Å². The average molecular weight is 236 g/mol. The normalized spacial score (nSPS) is 20.6. The summed E-state index contributed by atoms with van der Waals surface area (Å²) in [6, 6.07) is 2.44. The molecule has 0 spiro atoms. The number of hydrogen-bond donors (Lipinski definition) is 1. The minimum absolute atomic E-state index is 0.403. The standard InChI is InChI=1S/C14H24N2O/c1-12(14-6-10-17-11-14)15-7-3-13-4-8-16(2)9-5-13/h6,10-13,15H,3-5,7-9H2,1-2H3. The second-order valence-corrected chi connectivity index (χ2v) is 5.27. The summed E-state index contributed by atoms with van der Waals surface area (Å²) in [5, 5.41) is 3.57. The lowest BCUT2D eigenvalue weighted by molar-refractivity contribution is 0.211. The summed E-state index contributed by atoms with van der Waals surface area (Å²) >= 11 is 0. The van der Waals surface area contributed by atoms with Gasteiger partial charge in [-0.05, 0) is 64.9 Å². The Balaban J connectivity index is 1.63. The highest BCUT2D eigenvalue weighted by molar-refractivity contribution is 5.10. The summed E-state index contributed by atoms with van der Waals surface area (Å²) in [6.45, 7) is 5.84. The van der Waals surface area contributed by atoms with Crippen LogP contribution < -0.4 is 5.32 Å². The second-order valence-electron chi connectivity index (χ2n) is 5.27. The topological polar surface area (TPSA) is 28.4 Å². The molecule has 17 heavy (non-hydrogen) atoms. The van der Waals surface area contributed by atoms with Crippen molar-refractivity contribution in [1.29, 1.82) is 0 Å². The third-order valence-electron chi connectivity index (χ3n) is 3.88. The van der Waals surface area contributed by atoms with Gasteiger partial charge in [0.25, 0.3) is 0 Å². The fraction of sp³-hybridized carbons (Fsp3) is 0.714. The van der Waals surface area contributed by atoms with E-state index in [9.17, 15) is 0 Å². The van der Waals surface area contributed by atoms with E-state index in [2.05, 4.69) is 24.2 Å². The quantitative estimate of drug-likeness (QED) is 0.852. The van der Waals surface area contributed by atoms with Gasteiger partial charge in [0.15, 0.2) is 0 Å². The number of piperidine rings is 1. The van der Waals surface area contributed by atoms with Crippen LogP contribution in [0.2, 0.25) is 0 Å². The summed E-state index contributed by atoms with van der Waals surface area (Å²) in [7, 11) is 2.22. The molecular formula is C14H24N2O. The zero-order chi connectivity index (χ0) is 12.1. The maximum absolute atomic E-state index is 5.10. The van der Waals surface area contributed by atoms with Gasteiger partial charge in [-0.15, -0.1) is 0 Å². The molecule has 1 saturated heterocycles. The van der Waals surface area contributed by atoms with Gasteiger partial charge in [-0.3, -0.25) is 0 Å². The Morgan fingerprint density at radius 1 is 1.47 bits per heavy atom. The van der Waals surface area contributed by atoms with Gasteiger partial charge in [-0.1, -0.05) is 0 Å². The van der Waals surface area contributed by atoms with Gasteiger partial charge >= 0.3 is 0 Å². The van der Waals surface area contributed by atoms with Gasteiger partial charge < -0.3 is 14.6 Å². The number of rotatable bonds is 5. The van der Waals surface area contributed by atoms with Crippen molar-refractivity contribution in [3.8, 4) is 0 Å². The average Bonchev–Trinajstić information content (AvgIpc) is 2.85. The van der Waals surface area contributed by atoms with E-state index in [0.29, 0.717) is 6.04 Å². The van der Waals surface area contributed by atoms with Crippen molar-refractivity contribution in [3.05, 3.63) is 24.2 Å². The van der Waals surface area contributed by atoms with Crippen LogP contribution in [0.25, 0.3) is 0 Å². The van der Waals surface area contributed by atoms with Crippen LogP contribution in [0.15, 0.2) is 23.0 Å². The van der Waals surface area contributed by atoms with Crippen molar-refractivity contribution in [2.45, 2.75) is 32.2 Å². The third kappa shape index (κ3) is 3.86. The highest BCUT2D eigenvalue weighted by atomic mass is 16.3. The molecule has 1 aliphatic rings. The zero-order valence-electron chi connectivity index (χ0n) is 11.0. The Hall–Kier alpha value is -0.800. The molecule has 2 rings (SSSR count). The summed E-state index contributed by atoms with van der Waals surface area (Å²) in [6.07, 6.45) is 7.59. The molecule has 0 radical (unpaired) electrons. The van der Waals surface area contributed by atoms with Gasteiger partial charge in [-0.25, -0.2) is 0 Å². The van der Waals surface area contributed by atoms with Crippen molar-refractivity contribution in [1.82, 2.24) is 10.2 Å². The molecule has 0 aromatic carbocycles. The van der Waals surface area contributed by atoms with Crippen LogP contribution in [0.1, 0.15) is 37.8 Å². The van der Waals surface area contributed by atoms with Crippen molar-refractivity contribution < 1.29 is 4.42 Å². The first kappa shape index (κ1) is 12.7. The van der Waals surface area contributed by atoms with Gasteiger partial charge in [0.05, 0.1) is 12.5 Å². The van der Waals surface area contributed by atoms with Crippen LogP contribution in [0.3, 0.4) is 0 Å². The summed E-state index contributed by atoms with van der Waals surface area (Å²) < 4.78 is 5.10. The fourth-order valence-corrected chi connectivity index (χ4v) is 2.49. The monoisotopic (exact) mass is 236 g/mol. The highest BCUT2D eigenvalue weighted by Gasteiger charge is 2.16. The minimum atomic E-state index is 0.403. The molecule has 0 bridgehead atoms. The maximum atomic E-state index is 5.10. The van der Waals surface area contributed by atoms with Crippen LogP contribution in [0.5, 0.6) is 0 Å². The number of nitrogens with zero attached hydrogens (tertiary/aromatic N) is 1. The fourth-order valence-electron chi connectivity index (χ4n) is 2.49. The zero-order valence-corrected chi connectivity index (χ0v) is 11.0. The van der Waals surface area contributed by atoms with Crippen LogP contribution in [0, 0.1) is 5.92 Å². The lowest BCUT2D eigenvalue weighted by atomic mass is 9.94. The Kier molecular flexibility index (Phi) is 4.63. The van der Waals surface area contributed by atoms with Crippen LogP contribution in [-0.4, -0.2) is 31.6 Å². The molecule has 1 aromatic rings. The molecule has 0 saturated carbocycles. The number of hydrogen-bond acceptors (Lipinski definition) is 3. The number of likely N-dealkylation sites (tertiary alicyclic amines) is 1. The van der Waals surface area contributed by atoms with E-state index < -0.39 is 0 Å². The summed E-state index contributed by atoms with van der Waals surface area (Å²) in [5.41, 5.74) is 1.24. The van der Waals surface area contributed by atoms with Crippen LogP contribution in [0.4, 0.5) is 0 Å². The van der Waals surface area contributed by atoms with Gasteiger partial charge in [0, 0.05) is 11.6 Å². The van der Waals surface area contributed by atoms with E-state index in [4.69, 9.17) is 4.42 Å². The summed E-state index contributed by atoms with van der Waals surface area (Å²) in [5.74, 6) is 0.912. The van der Waals surface area contributed by atoms with E-state index in [1.54, 1.807) is 6.26 Å². The molecule has 96 valence electrons. The van der Waals surface area contributed by atoms with Gasteiger partial charge in [-0.2, -0.15) is 0 Å². The maximum Gasteiger partial charge on any atom is 0.0950 e. The molecule has 1 unspecified atom stereocenters. The lowest BCUT2D eigenvalue weighted by Gasteiger charge is -2.29. The molecule has 1 aromatic heterocycles. The van der Waals surface area contributed by atoms with Crippen molar-refractivity contribution in [3.63, 3.8) is 0 Å². The smallest absolute Gasteiger partial charge is 0.0950 e. The SMILES string of the molecule is CC(NCCC1CCN(C)CC1)c1ccoc1. The van der Waals surface area contributed by atoms with E-state index in [1.807, 2.05) is 12.3 Å².